The van der Waals surface area contributed by atoms with E-state index in [-0.39, 0.29) is 0 Å². The lowest BCUT2D eigenvalue weighted by atomic mass is 10.1. The number of methoxy groups -OCH3 is 3. The molecule has 2 N–H and O–H groups in total. The Morgan fingerprint density at radius 2 is 1.65 bits per heavy atom. The quantitative estimate of drug-likeness (QED) is 0.355. The lowest BCUT2D eigenvalue weighted by molar-refractivity contribution is 0.150. The van der Waals surface area contributed by atoms with Gasteiger partial charge in [-0.1, -0.05) is 12.1 Å². The van der Waals surface area contributed by atoms with Crippen LogP contribution in [0, 0.1) is 0 Å². The summed E-state index contributed by atoms with van der Waals surface area (Å²) in [6, 6.07) is 17.6. The highest BCUT2D eigenvalue weighted by Crippen LogP contribution is 2.40. The third kappa shape index (κ3) is 4.76. The summed E-state index contributed by atoms with van der Waals surface area (Å²) >= 11 is 0. The molecule has 1 heterocycles. The zero-order chi connectivity index (χ0) is 24.1. The van der Waals surface area contributed by atoms with Crippen LogP contribution in [-0.4, -0.2) is 46.1 Å². The number of rotatable bonds is 8. The molecule has 0 fully saturated rings. The van der Waals surface area contributed by atoms with Crippen LogP contribution in [0.1, 0.15) is 5.56 Å². The van der Waals surface area contributed by atoms with Crippen molar-refractivity contribution in [1.29, 1.82) is 0 Å². The van der Waals surface area contributed by atoms with E-state index in [1.54, 1.807) is 21.3 Å². The maximum atomic E-state index is 11.3. The molecule has 8 nitrogen and oxygen atoms in total. The summed E-state index contributed by atoms with van der Waals surface area (Å²) in [6.07, 6.45) is 0.155. The van der Waals surface area contributed by atoms with Crippen LogP contribution in [0.15, 0.2) is 54.6 Å². The minimum atomic E-state index is -0.442. The Balaban J connectivity index is 1.79. The number of alkyl carbamates (subject to hydrolysis) is 1. The molecule has 4 aromatic rings. The minimum absolute atomic E-state index is 0.290. The molecule has 0 saturated carbocycles. The van der Waals surface area contributed by atoms with Gasteiger partial charge in [-0.15, -0.1) is 0 Å². The first kappa shape index (κ1) is 23.0. The number of carbonyl (C=O) groups is 1. The molecule has 8 heteroatoms. The second kappa shape index (κ2) is 10.2. The van der Waals surface area contributed by atoms with Crippen molar-refractivity contribution in [1.82, 2.24) is 10.3 Å². The largest absolute Gasteiger partial charge is 0.497 e. The van der Waals surface area contributed by atoms with Gasteiger partial charge >= 0.3 is 6.09 Å². The zero-order valence-corrected chi connectivity index (χ0v) is 19.6. The topological polar surface area (TPSA) is 90.9 Å². The lowest BCUT2D eigenvalue weighted by Gasteiger charge is -2.17. The number of benzene rings is 3. The van der Waals surface area contributed by atoms with Crippen LogP contribution in [0.3, 0.4) is 0 Å². The lowest BCUT2D eigenvalue weighted by Crippen LogP contribution is -2.20. The van der Waals surface area contributed by atoms with Crippen molar-refractivity contribution in [2.75, 3.05) is 40.3 Å². The number of pyridine rings is 1. The molecule has 176 valence electrons. The summed E-state index contributed by atoms with van der Waals surface area (Å²) in [5, 5.41) is 7.81. The first-order valence-corrected chi connectivity index (χ1v) is 10.8. The Bertz CT molecular complexity index is 1340. The smallest absolute Gasteiger partial charge is 0.406 e. The average molecular weight is 462 g/mol. The van der Waals surface area contributed by atoms with E-state index in [1.807, 2.05) is 54.6 Å². The van der Waals surface area contributed by atoms with Crippen LogP contribution in [-0.2, 0) is 11.2 Å². The monoisotopic (exact) mass is 461 g/mol. The van der Waals surface area contributed by atoms with Crippen molar-refractivity contribution >= 4 is 39.3 Å². The standard InChI is InChI=1S/C26H27N3O5/c1-27-26(30)34-11-10-16-6-5-7-17(12-16)28-25-19-13-18(31-2)8-9-21(19)29-22-15-24(33-4)23(32-3)14-20(22)25/h5-9,12-15H,10-11H2,1-4H3,(H,27,30)(H,28,29). The molecule has 0 radical (unpaired) electrons. The molecule has 0 spiro atoms. The maximum absolute atomic E-state index is 11.3. The third-order valence-corrected chi connectivity index (χ3v) is 5.51. The Labute approximate surface area is 197 Å². The number of hydrogen-bond donors (Lipinski definition) is 2. The molecule has 3 aromatic carbocycles. The molecule has 0 bridgehead atoms. The summed E-state index contributed by atoms with van der Waals surface area (Å²) in [4.78, 5) is 16.2. The minimum Gasteiger partial charge on any atom is -0.497 e. The number of nitrogens with one attached hydrogen (secondary N) is 2. The highest BCUT2D eigenvalue weighted by atomic mass is 16.5. The van der Waals surface area contributed by atoms with Crippen molar-refractivity contribution in [3.8, 4) is 17.2 Å². The molecular formula is C26H27N3O5. The van der Waals surface area contributed by atoms with Gasteiger partial charge in [-0.25, -0.2) is 9.78 Å². The van der Waals surface area contributed by atoms with E-state index < -0.39 is 6.09 Å². The van der Waals surface area contributed by atoms with Crippen LogP contribution in [0.5, 0.6) is 17.2 Å². The van der Waals surface area contributed by atoms with Crippen molar-refractivity contribution < 1.29 is 23.7 Å². The number of ether oxygens (including phenoxy) is 4. The van der Waals surface area contributed by atoms with Gasteiger partial charge in [-0.05, 0) is 42.0 Å². The van der Waals surface area contributed by atoms with Gasteiger partial charge in [0, 0.05) is 36.0 Å². The van der Waals surface area contributed by atoms with Gasteiger partial charge in [0.1, 0.15) is 5.75 Å². The van der Waals surface area contributed by atoms with Gasteiger partial charge in [-0.2, -0.15) is 0 Å². The number of nitrogens with zero attached hydrogens (tertiary/aromatic N) is 1. The summed E-state index contributed by atoms with van der Waals surface area (Å²) < 4.78 is 21.6. The van der Waals surface area contributed by atoms with Gasteiger partial charge in [0.05, 0.1) is 44.7 Å². The second-order valence-electron chi connectivity index (χ2n) is 7.56. The van der Waals surface area contributed by atoms with E-state index >= 15 is 0 Å². The predicted molar refractivity (Wildman–Crippen MR) is 133 cm³/mol. The van der Waals surface area contributed by atoms with Crippen molar-refractivity contribution in [2.45, 2.75) is 6.42 Å². The SMILES string of the molecule is CNC(=O)OCCc1cccc(Nc2c3cc(OC)ccc3nc3cc(OC)c(OC)cc23)c1. The molecular weight excluding hydrogens is 434 g/mol. The van der Waals surface area contributed by atoms with Gasteiger partial charge in [0.15, 0.2) is 11.5 Å². The van der Waals surface area contributed by atoms with Crippen LogP contribution in [0.2, 0.25) is 0 Å². The third-order valence-electron chi connectivity index (χ3n) is 5.51. The fraction of sp³-hybridized carbons (Fsp3) is 0.231. The number of carbonyl (C=O) groups excluding carboxylic acids is 1. The number of aromatic nitrogens is 1. The van der Waals surface area contributed by atoms with Crippen LogP contribution in [0.25, 0.3) is 21.8 Å². The summed E-state index contributed by atoms with van der Waals surface area (Å²) in [5.41, 5.74) is 4.39. The van der Waals surface area contributed by atoms with E-state index in [0.29, 0.717) is 24.5 Å². The molecule has 0 unspecified atom stereocenters. The number of amides is 1. The van der Waals surface area contributed by atoms with Gasteiger partial charge in [-0.3, -0.25) is 0 Å². The molecule has 1 amide bonds. The van der Waals surface area contributed by atoms with Gasteiger partial charge < -0.3 is 29.6 Å². The summed E-state index contributed by atoms with van der Waals surface area (Å²) in [5.74, 6) is 1.96. The fourth-order valence-corrected chi connectivity index (χ4v) is 3.79. The zero-order valence-electron chi connectivity index (χ0n) is 19.6. The van der Waals surface area contributed by atoms with Gasteiger partial charge in [0.2, 0.25) is 0 Å². The summed E-state index contributed by atoms with van der Waals surface area (Å²) in [6.45, 7) is 0.290. The first-order chi connectivity index (χ1) is 16.6. The van der Waals surface area contributed by atoms with Gasteiger partial charge in [0.25, 0.3) is 0 Å². The first-order valence-electron chi connectivity index (χ1n) is 10.8. The Morgan fingerprint density at radius 3 is 2.38 bits per heavy atom. The van der Waals surface area contributed by atoms with Crippen LogP contribution in [0.4, 0.5) is 16.2 Å². The average Bonchev–Trinajstić information content (AvgIpc) is 2.87. The Kier molecular flexibility index (Phi) is 6.87. The van der Waals surface area contributed by atoms with Crippen molar-refractivity contribution in [3.63, 3.8) is 0 Å². The molecule has 4 rings (SSSR count). The van der Waals surface area contributed by atoms with Crippen LogP contribution < -0.4 is 24.8 Å². The fourth-order valence-electron chi connectivity index (χ4n) is 3.79. The molecule has 0 aliphatic heterocycles. The van der Waals surface area contributed by atoms with E-state index in [4.69, 9.17) is 23.9 Å². The maximum Gasteiger partial charge on any atom is 0.406 e. The Morgan fingerprint density at radius 1 is 0.882 bits per heavy atom. The summed E-state index contributed by atoms with van der Waals surface area (Å²) in [7, 11) is 6.39. The van der Waals surface area contributed by atoms with E-state index in [0.717, 1.165) is 44.5 Å². The normalized spacial score (nSPS) is 10.7. The molecule has 0 saturated heterocycles. The van der Waals surface area contributed by atoms with Crippen molar-refractivity contribution in [2.24, 2.45) is 0 Å². The molecule has 0 atom stereocenters. The number of anilines is 2. The van der Waals surface area contributed by atoms with E-state index in [9.17, 15) is 4.79 Å². The van der Waals surface area contributed by atoms with E-state index in [1.165, 1.54) is 7.05 Å². The molecule has 0 aliphatic carbocycles. The molecule has 1 aromatic heterocycles. The number of hydrogen-bond acceptors (Lipinski definition) is 7. The highest BCUT2D eigenvalue weighted by Gasteiger charge is 2.15. The highest BCUT2D eigenvalue weighted by molar-refractivity contribution is 6.09. The molecule has 34 heavy (non-hydrogen) atoms. The molecule has 0 aliphatic rings. The second-order valence-corrected chi connectivity index (χ2v) is 7.56. The van der Waals surface area contributed by atoms with Crippen molar-refractivity contribution in [3.05, 3.63) is 60.2 Å². The Hall–Kier alpha value is -4.20. The predicted octanol–water partition coefficient (Wildman–Crippen LogP) is 5.06. The van der Waals surface area contributed by atoms with E-state index in [2.05, 4.69) is 10.6 Å². The number of fused-ring (bicyclic) bond motifs is 2. The van der Waals surface area contributed by atoms with Crippen LogP contribution >= 0.6 is 0 Å².